The van der Waals surface area contributed by atoms with Gasteiger partial charge in [0.25, 0.3) is 5.91 Å². The number of hydrogen-bond donors (Lipinski definition) is 2. The molecule has 1 unspecified atom stereocenters. The standard InChI is InChI=1S/C14H16ClN3O2/c1-3-11(13-16-6-7-17-13)18-14(19)10-8-9(15)4-5-12(10)20-2/h4-8,11H,3H2,1-2H3,(H,16,17)(H,18,19). The number of carbonyl (C=O) groups is 1. The number of nitrogens with zero attached hydrogens (tertiary/aromatic N) is 1. The summed E-state index contributed by atoms with van der Waals surface area (Å²) in [6, 6.07) is 4.76. The molecule has 2 rings (SSSR count). The molecule has 0 aliphatic heterocycles. The first-order chi connectivity index (χ1) is 9.65. The summed E-state index contributed by atoms with van der Waals surface area (Å²) in [7, 11) is 1.52. The molecule has 0 saturated carbocycles. The normalized spacial score (nSPS) is 11.9. The van der Waals surface area contributed by atoms with E-state index in [4.69, 9.17) is 16.3 Å². The summed E-state index contributed by atoms with van der Waals surface area (Å²) < 4.78 is 5.18. The van der Waals surface area contributed by atoms with Crippen molar-refractivity contribution < 1.29 is 9.53 Å². The molecule has 1 heterocycles. The lowest BCUT2D eigenvalue weighted by Gasteiger charge is -2.16. The molecule has 20 heavy (non-hydrogen) atoms. The number of carbonyl (C=O) groups excluding carboxylic acids is 1. The van der Waals surface area contributed by atoms with Crippen molar-refractivity contribution in [1.82, 2.24) is 15.3 Å². The number of aromatic amines is 1. The topological polar surface area (TPSA) is 67.0 Å². The second-order valence-electron chi connectivity index (χ2n) is 4.25. The molecule has 0 fully saturated rings. The third-order valence-corrected chi connectivity index (χ3v) is 3.20. The van der Waals surface area contributed by atoms with Crippen LogP contribution in [0.4, 0.5) is 0 Å². The second kappa shape index (κ2) is 6.43. The maximum Gasteiger partial charge on any atom is 0.255 e. The number of benzene rings is 1. The van der Waals surface area contributed by atoms with E-state index in [-0.39, 0.29) is 11.9 Å². The number of hydrogen-bond acceptors (Lipinski definition) is 3. The summed E-state index contributed by atoms with van der Waals surface area (Å²) in [6.45, 7) is 1.97. The van der Waals surface area contributed by atoms with Gasteiger partial charge in [-0.2, -0.15) is 0 Å². The molecule has 5 nitrogen and oxygen atoms in total. The Labute approximate surface area is 122 Å². The smallest absolute Gasteiger partial charge is 0.255 e. The quantitative estimate of drug-likeness (QED) is 0.890. The largest absolute Gasteiger partial charge is 0.496 e. The molecule has 106 valence electrons. The van der Waals surface area contributed by atoms with Crippen molar-refractivity contribution >= 4 is 17.5 Å². The monoisotopic (exact) mass is 293 g/mol. The minimum Gasteiger partial charge on any atom is -0.496 e. The number of imidazole rings is 1. The van der Waals surface area contributed by atoms with Gasteiger partial charge in [0.1, 0.15) is 11.6 Å². The molecule has 0 spiro atoms. The van der Waals surface area contributed by atoms with Crippen molar-refractivity contribution in [2.24, 2.45) is 0 Å². The van der Waals surface area contributed by atoms with Gasteiger partial charge < -0.3 is 15.0 Å². The van der Waals surface area contributed by atoms with Crippen molar-refractivity contribution in [3.8, 4) is 5.75 Å². The number of rotatable bonds is 5. The van der Waals surface area contributed by atoms with E-state index in [1.807, 2.05) is 6.92 Å². The van der Waals surface area contributed by atoms with Gasteiger partial charge in [0.05, 0.1) is 18.7 Å². The highest BCUT2D eigenvalue weighted by Crippen LogP contribution is 2.23. The predicted octanol–water partition coefficient (Wildman–Crippen LogP) is 2.95. The van der Waals surface area contributed by atoms with Crippen molar-refractivity contribution in [2.75, 3.05) is 7.11 Å². The molecular formula is C14H16ClN3O2. The molecule has 0 bridgehead atoms. The molecule has 0 saturated heterocycles. The number of methoxy groups -OCH3 is 1. The fourth-order valence-corrected chi connectivity index (χ4v) is 2.10. The zero-order chi connectivity index (χ0) is 14.5. The van der Waals surface area contributed by atoms with E-state index in [0.717, 1.165) is 12.2 Å². The number of ether oxygens (including phenoxy) is 1. The first-order valence-electron chi connectivity index (χ1n) is 6.29. The summed E-state index contributed by atoms with van der Waals surface area (Å²) >= 11 is 5.93. The first kappa shape index (κ1) is 14.4. The van der Waals surface area contributed by atoms with Crippen molar-refractivity contribution in [3.63, 3.8) is 0 Å². The van der Waals surface area contributed by atoms with Crippen LogP contribution in [0.5, 0.6) is 5.75 Å². The molecular weight excluding hydrogens is 278 g/mol. The fourth-order valence-electron chi connectivity index (χ4n) is 1.93. The van der Waals surface area contributed by atoms with Gasteiger partial charge in [0.15, 0.2) is 0 Å². The van der Waals surface area contributed by atoms with Gasteiger partial charge in [-0.15, -0.1) is 0 Å². The molecule has 1 atom stereocenters. The molecule has 0 radical (unpaired) electrons. The maximum absolute atomic E-state index is 12.3. The van der Waals surface area contributed by atoms with Gasteiger partial charge in [-0.1, -0.05) is 18.5 Å². The lowest BCUT2D eigenvalue weighted by molar-refractivity contribution is 0.0931. The Morgan fingerprint density at radius 3 is 2.95 bits per heavy atom. The summed E-state index contributed by atoms with van der Waals surface area (Å²) in [5, 5.41) is 3.40. The molecule has 1 aromatic heterocycles. The highest BCUT2D eigenvalue weighted by molar-refractivity contribution is 6.31. The first-order valence-corrected chi connectivity index (χ1v) is 6.67. The van der Waals surface area contributed by atoms with Crippen LogP contribution >= 0.6 is 11.6 Å². The molecule has 1 amide bonds. The molecule has 0 aliphatic rings. The van der Waals surface area contributed by atoms with Gasteiger partial charge in [-0.25, -0.2) is 4.98 Å². The Balaban J connectivity index is 2.21. The zero-order valence-electron chi connectivity index (χ0n) is 11.3. The Morgan fingerprint density at radius 2 is 2.35 bits per heavy atom. The third-order valence-electron chi connectivity index (χ3n) is 2.97. The summed E-state index contributed by atoms with van der Waals surface area (Å²) in [5.41, 5.74) is 0.407. The van der Waals surface area contributed by atoms with Gasteiger partial charge in [-0.3, -0.25) is 4.79 Å². The van der Waals surface area contributed by atoms with Crippen LogP contribution in [-0.4, -0.2) is 23.0 Å². The lowest BCUT2D eigenvalue weighted by atomic mass is 10.1. The van der Waals surface area contributed by atoms with Crippen LogP contribution < -0.4 is 10.1 Å². The van der Waals surface area contributed by atoms with Crippen LogP contribution in [0.2, 0.25) is 5.02 Å². The second-order valence-corrected chi connectivity index (χ2v) is 4.69. The van der Waals surface area contributed by atoms with Crippen molar-refractivity contribution in [1.29, 1.82) is 0 Å². The molecule has 1 aromatic carbocycles. The highest BCUT2D eigenvalue weighted by atomic mass is 35.5. The average molecular weight is 294 g/mol. The zero-order valence-corrected chi connectivity index (χ0v) is 12.1. The van der Waals surface area contributed by atoms with Crippen LogP contribution in [0.1, 0.15) is 35.6 Å². The van der Waals surface area contributed by atoms with Crippen LogP contribution in [0.25, 0.3) is 0 Å². The predicted molar refractivity (Wildman–Crippen MR) is 77.1 cm³/mol. The fraction of sp³-hybridized carbons (Fsp3) is 0.286. The Bertz CT molecular complexity index is 584. The molecule has 0 aliphatic carbocycles. The van der Waals surface area contributed by atoms with Crippen LogP contribution in [0.15, 0.2) is 30.6 Å². The van der Waals surface area contributed by atoms with E-state index >= 15 is 0 Å². The minimum atomic E-state index is -0.243. The van der Waals surface area contributed by atoms with Crippen LogP contribution in [0, 0.1) is 0 Å². The summed E-state index contributed by atoms with van der Waals surface area (Å²) in [6.07, 6.45) is 4.11. The number of nitrogens with one attached hydrogen (secondary N) is 2. The molecule has 6 heteroatoms. The van der Waals surface area contributed by atoms with E-state index in [0.29, 0.717) is 16.3 Å². The van der Waals surface area contributed by atoms with Crippen LogP contribution in [0.3, 0.4) is 0 Å². The maximum atomic E-state index is 12.3. The summed E-state index contributed by atoms with van der Waals surface area (Å²) in [4.78, 5) is 19.5. The Kier molecular flexibility index (Phi) is 4.63. The third kappa shape index (κ3) is 3.11. The Hall–Kier alpha value is -2.01. The van der Waals surface area contributed by atoms with Crippen molar-refractivity contribution in [3.05, 3.63) is 47.0 Å². The van der Waals surface area contributed by atoms with Gasteiger partial charge in [-0.05, 0) is 24.6 Å². The number of aromatic nitrogens is 2. The Morgan fingerprint density at radius 1 is 1.55 bits per heavy atom. The SMILES string of the molecule is CCC(NC(=O)c1cc(Cl)ccc1OC)c1ncc[nH]1. The molecule has 2 N–H and O–H groups in total. The van der Waals surface area contributed by atoms with Crippen molar-refractivity contribution in [2.45, 2.75) is 19.4 Å². The van der Waals surface area contributed by atoms with E-state index in [1.54, 1.807) is 30.6 Å². The van der Waals surface area contributed by atoms with E-state index in [1.165, 1.54) is 7.11 Å². The minimum absolute atomic E-state index is 0.179. The van der Waals surface area contributed by atoms with E-state index in [9.17, 15) is 4.79 Å². The molecule has 2 aromatic rings. The average Bonchev–Trinajstić information content (AvgIpc) is 2.98. The lowest BCUT2D eigenvalue weighted by Crippen LogP contribution is -2.29. The number of amides is 1. The van der Waals surface area contributed by atoms with Crippen LogP contribution in [-0.2, 0) is 0 Å². The summed E-state index contributed by atoms with van der Waals surface area (Å²) in [5.74, 6) is 0.968. The van der Waals surface area contributed by atoms with E-state index in [2.05, 4.69) is 15.3 Å². The van der Waals surface area contributed by atoms with Gasteiger partial charge in [0, 0.05) is 17.4 Å². The van der Waals surface area contributed by atoms with Gasteiger partial charge >= 0.3 is 0 Å². The highest BCUT2D eigenvalue weighted by Gasteiger charge is 2.19. The van der Waals surface area contributed by atoms with E-state index < -0.39 is 0 Å². The number of H-pyrrole nitrogens is 1. The van der Waals surface area contributed by atoms with Gasteiger partial charge in [0.2, 0.25) is 0 Å². The number of halogens is 1.